The number of nitrogens with zero attached hydrogens (tertiary/aromatic N) is 4. The van der Waals surface area contributed by atoms with Crippen LogP contribution in [0.5, 0.6) is 0 Å². The Hall–Kier alpha value is -3.53. The van der Waals surface area contributed by atoms with Gasteiger partial charge in [-0.2, -0.15) is 0 Å². The summed E-state index contributed by atoms with van der Waals surface area (Å²) in [7, 11) is 0. The van der Waals surface area contributed by atoms with Crippen LogP contribution in [0.15, 0.2) is 41.6 Å². The number of aliphatic hydroxyl groups is 1. The lowest BCUT2D eigenvalue weighted by Crippen LogP contribution is -2.54. The highest BCUT2D eigenvalue weighted by Crippen LogP contribution is 2.49. The zero-order valence-corrected chi connectivity index (χ0v) is 20.3. The maximum atomic E-state index is 13.7. The fraction of sp³-hybridized carbons (Fsp3) is 0.500. The van der Waals surface area contributed by atoms with E-state index in [0.29, 0.717) is 23.5 Å². The lowest BCUT2D eigenvalue weighted by molar-refractivity contribution is -0.126. The van der Waals surface area contributed by atoms with E-state index >= 15 is 0 Å². The Bertz CT molecular complexity index is 1210. The van der Waals surface area contributed by atoms with Crippen molar-refractivity contribution in [2.75, 3.05) is 6.61 Å². The number of hydrogen-bond donors (Lipinski definition) is 3. The quantitative estimate of drug-likeness (QED) is 0.562. The van der Waals surface area contributed by atoms with E-state index in [2.05, 4.69) is 20.6 Å². The number of rotatable bonds is 6. The van der Waals surface area contributed by atoms with Gasteiger partial charge in [-0.1, -0.05) is 25.0 Å². The average molecular weight is 493 g/mol. The maximum absolute atomic E-state index is 13.7. The summed E-state index contributed by atoms with van der Waals surface area (Å²) >= 11 is 0. The number of allylic oxidation sites excluding steroid dienone is 1. The van der Waals surface area contributed by atoms with Crippen molar-refractivity contribution in [1.29, 1.82) is 0 Å². The first-order valence-electron chi connectivity index (χ1n) is 12.6. The van der Waals surface area contributed by atoms with Crippen LogP contribution >= 0.6 is 0 Å². The molecule has 0 aromatic carbocycles. The maximum Gasteiger partial charge on any atom is 0.318 e. The highest BCUT2D eigenvalue weighted by Gasteiger charge is 2.57. The van der Waals surface area contributed by atoms with E-state index in [1.165, 1.54) is 6.33 Å². The number of aliphatic hydroxyl groups excluding tert-OH is 1. The van der Waals surface area contributed by atoms with Crippen LogP contribution in [0.2, 0.25) is 0 Å². The fourth-order valence-electron chi connectivity index (χ4n) is 6.06. The van der Waals surface area contributed by atoms with Gasteiger partial charge in [-0.05, 0) is 38.0 Å². The van der Waals surface area contributed by atoms with Crippen LogP contribution in [0, 0.1) is 11.8 Å². The van der Waals surface area contributed by atoms with Gasteiger partial charge in [0.25, 0.3) is 5.56 Å². The molecular weight excluding hydrogens is 460 g/mol. The summed E-state index contributed by atoms with van der Waals surface area (Å²) in [4.78, 5) is 50.0. The van der Waals surface area contributed by atoms with Gasteiger partial charge in [0.05, 0.1) is 18.3 Å². The van der Waals surface area contributed by atoms with Gasteiger partial charge >= 0.3 is 6.03 Å². The molecule has 3 N–H and O–H groups in total. The summed E-state index contributed by atoms with van der Waals surface area (Å²) in [5.41, 5.74) is 1.79. The SMILES string of the molecule is CC=Cc1ccc2n(c1=O)C[C@@H]1[C@@H](CO)[C@H](C(=O)NCc3ccncn3)N(C(=O)NC3CCCC3)[C@H]21. The number of carbonyl (C=O) groups is 2. The van der Waals surface area contributed by atoms with Crippen molar-refractivity contribution in [2.24, 2.45) is 11.8 Å². The van der Waals surface area contributed by atoms with E-state index in [4.69, 9.17) is 0 Å². The van der Waals surface area contributed by atoms with Crippen molar-refractivity contribution in [3.8, 4) is 0 Å². The Morgan fingerprint density at radius 3 is 2.72 bits per heavy atom. The normalized spacial score (nSPS) is 25.2. The molecule has 3 amide bonds. The molecule has 1 saturated carbocycles. The van der Waals surface area contributed by atoms with Crippen LogP contribution in [0.25, 0.3) is 6.08 Å². The second kappa shape index (κ2) is 10.2. The number of likely N-dealkylation sites (tertiary alicyclic amines) is 1. The third-order valence-electron chi connectivity index (χ3n) is 7.72. The standard InChI is InChI=1S/C26H32N6O4/c1-2-5-16-8-9-21-22-19(13-31(21)25(16)35)20(14-33)23(24(34)28-12-18-10-11-27-15-29-18)32(22)26(36)30-17-6-3-4-7-17/h2,5,8-11,15,17,19-20,22-23,33H,3-4,6-7,12-14H2,1H3,(H,28,34)(H,30,36)/t19-,20-,22+,23-/m1/s1. The van der Waals surface area contributed by atoms with Crippen molar-refractivity contribution in [1.82, 2.24) is 30.1 Å². The molecule has 10 nitrogen and oxygen atoms in total. The van der Waals surface area contributed by atoms with Gasteiger partial charge in [0.1, 0.15) is 12.4 Å². The molecule has 0 unspecified atom stereocenters. The van der Waals surface area contributed by atoms with E-state index in [9.17, 15) is 19.5 Å². The minimum absolute atomic E-state index is 0.0644. The van der Waals surface area contributed by atoms with Gasteiger partial charge in [0.2, 0.25) is 5.91 Å². The van der Waals surface area contributed by atoms with Gasteiger partial charge in [-0.25, -0.2) is 14.8 Å². The Kier molecular flexibility index (Phi) is 6.86. The topological polar surface area (TPSA) is 129 Å². The Morgan fingerprint density at radius 2 is 2.03 bits per heavy atom. The molecular formula is C26H32N6O4. The number of nitrogens with one attached hydrogen (secondary N) is 2. The third-order valence-corrected chi connectivity index (χ3v) is 7.72. The van der Waals surface area contributed by atoms with Gasteiger partial charge < -0.3 is 25.2 Å². The predicted octanol–water partition coefficient (Wildman–Crippen LogP) is 1.60. The van der Waals surface area contributed by atoms with Gasteiger partial charge in [0, 0.05) is 48.5 Å². The zero-order valence-electron chi connectivity index (χ0n) is 20.3. The fourth-order valence-corrected chi connectivity index (χ4v) is 6.06. The van der Waals surface area contributed by atoms with E-state index in [0.717, 1.165) is 25.7 Å². The minimum atomic E-state index is -0.868. The van der Waals surface area contributed by atoms with Crippen LogP contribution in [-0.2, 0) is 17.9 Å². The number of pyridine rings is 1. The molecule has 10 heteroatoms. The number of amides is 3. The van der Waals surface area contributed by atoms with E-state index in [-0.39, 0.29) is 42.6 Å². The summed E-state index contributed by atoms with van der Waals surface area (Å²) in [6, 6.07) is 3.73. The van der Waals surface area contributed by atoms with E-state index in [1.54, 1.807) is 33.9 Å². The molecule has 1 aliphatic carbocycles. The van der Waals surface area contributed by atoms with E-state index < -0.39 is 18.0 Å². The van der Waals surface area contributed by atoms with Crippen LogP contribution in [-0.4, -0.2) is 55.2 Å². The Labute approximate surface area is 209 Å². The third kappa shape index (κ3) is 4.30. The summed E-state index contributed by atoms with van der Waals surface area (Å²) in [6.45, 7) is 2.11. The summed E-state index contributed by atoms with van der Waals surface area (Å²) in [5, 5.41) is 16.4. The van der Waals surface area contributed by atoms with E-state index in [1.807, 2.05) is 19.1 Å². The zero-order chi connectivity index (χ0) is 25.2. The molecule has 1 saturated heterocycles. The minimum Gasteiger partial charge on any atom is -0.396 e. The molecule has 36 heavy (non-hydrogen) atoms. The van der Waals surface area contributed by atoms with Crippen molar-refractivity contribution in [3.63, 3.8) is 0 Å². The first-order chi connectivity index (χ1) is 17.5. The number of carbonyl (C=O) groups excluding carboxylic acids is 2. The highest BCUT2D eigenvalue weighted by molar-refractivity contribution is 5.88. The monoisotopic (exact) mass is 492 g/mol. The van der Waals surface area contributed by atoms with Gasteiger partial charge in [-0.15, -0.1) is 0 Å². The molecule has 2 aromatic heterocycles. The molecule has 4 heterocycles. The van der Waals surface area contributed by atoms with Crippen LogP contribution in [0.4, 0.5) is 4.79 Å². The predicted molar refractivity (Wildman–Crippen MR) is 133 cm³/mol. The second-order valence-electron chi connectivity index (χ2n) is 9.79. The second-order valence-corrected chi connectivity index (χ2v) is 9.79. The lowest BCUT2D eigenvalue weighted by Gasteiger charge is -2.32. The van der Waals surface area contributed by atoms with Crippen molar-refractivity contribution >= 4 is 18.0 Å². The Morgan fingerprint density at radius 1 is 1.22 bits per heavy atom. The average Bonchev–Trinajstić information content (AvgIpc) is 3.60. The van der Waals surface area contributed by atoms with Crippen LogP contribution < -0.4 is 16.2 Å². The molecule has 2 aromatic rings. The number of hydrogen-bond acceptors (Lipinski definition) is 6. The summed E-state index contributed by atoms with van der Waals surface area (Å²) < 4.78 is 1.69. The smallest absolute Gasteiger partial charge is 0.318 e. The Balaban J connectivity index is 1.49. The summed E-state index contributed by atoms with van der Waals surface area (Å²) in [6.07, 6.45) is 10.5. The number of fused-ring (bicyclic) bond motifs is 3. The molecule has 0 spiro atoms. The first kappa shape index (κ1) is 24.2. The first-order valence-corrected chi connectivity index (χ1v) is 12.6. The molecule has 5 rings (SSSR count). The lowest BCUT2D eigenvalue weighted by atomic mass is 9.88. The molecule has 3 aliphatic rings. The highest BCUT2D eigenvalue weighted by atomic mass is 16.3. The molecule has 0 radical (unpaired) electrons. The largest absolute Gasteiger partial charge is 0.396 e. The van der Waals surface area contributed by atoms with Gasteiger partial charge in [-0.3, -0.25) is 9.59 Å². The molecule has 190 valence electrons. The molecule has 0 bridgehead atoms. The van der Waals surface area contributed by atoms with Gasteiger partial charge in [0.15, 0.2) is 0 Å². The van der Waals surface area contributed by atoms with Crippen LogP contribution in [0.3, 0.4) is 0 Å². The summed E-state index contributed by atoms with van der Waals surface area (Å²) in [5.74, 6) is -1.12. The van der Waals surface area contributed by atoms with Crippen molar-refractivity contribution in [3.05, 3.63) is 64.1 Å². The van der Waals surface area contributed by atoms with Crippen molar-refractivity contribution < 1.29 is 14.7 Å². The molecule has 4 atom stereocenters. The molecule has 2 fully saturated rings. The van der Waals surface area contributed by atoms with Crippen molar-refractivity contribution in [2.45, 2.75) is 63.8 Å². The number of aromatic nitrogens is 3. The van der Waals surface area contributed by atoms with Crippen LogP contribution in [0.1, 0.15) is 55.6 Å². The number of urea groups is 1. The molecule has 2 aliphatic heterocycles.